The van der Waals surface area contributed by atoms with Gasteiger partial charge < -0.3 is 14.9 Å². The first-order valence-corrected chi connectivity index (χ1v) is 9.58. The van der Waals surface area contributed by atoms with Gasteiger partial charge in [0.05, 0.1) is 6.54 Å². The topological polar surface area (TPSA) is 101 Å². The van der Waals surface area contributed by atoms with Crippen molar-refractivity contribution in [1.82, 2.24) is 20.4 Å². The monoisotopic (exact) mass is 454 g/mol. The molecule has 11 heteroatoms. The molecule has 172 valence electrons. The van der Waals surface area contributed by atoms with Crippen molar-refractivity contribution in [3.05, 3.63) is 66.0 Å². The Kier molecular flexibility index (Phi) is 8.82. The van der Waals surface area contributed by atoms with E-state index >= 15 is 0 Å². The molecular formula is C21H22F4N4O3. The molecule has 0 aliphatic carbocycles. The van der Waals surface area contributed by atoms with Crippen LogP contribution in [0.15, 0.2) is 53.3 Å². The third kappa shape index (κ3) is 8.06. The van der Waals surface area contributed by atoms with E-state index in [-0.39, 0.29) is 11.9 Å². The van der Waals surface area contributed by atoms with Crippen LogP contribution < -0.4 is 5.32 Å². The van der Waals surface area contributed by atoms with E-state index in [0.29, 0.717) is 29.7 Å². The number of aliphatic carboxylic acids is 1. The molecule has 0 radical (unpaired) electrons. The number of carboxylic acids is 1. The Morgan fingerprint density at radius 3 is 2.25 bits per heavy atom. The van der Waals surface area contributed by atoms with Crippen LogP contribution in [0.2, 0.25) is 0 Å². The molecule has 3 rings (SSSR count). The van der Waals surface area contributed by atoms with E-state index in [2.05, 4.69) is 34.3 Å². The zero-order valence-electron chi connectivity index (χ0n) is 17.3. The highest BCUT2D eigenvalue weighted by Crippen LogP contribution is 2.22. The second kappa shape index (κ2) is 11.3. The summed E-state index contributed by atoms with van der Waals surface area (Å²) in [4.78, 5) is 17.3. The number of carbonyl (C=O) groups is 1. The number of benzene rings is 1. The molecule has 2 aromatic heterocycles. The Hall–Kier alpha value is -3.34. The zero-order chi connectivity index (χ0) is 23.7. The SMILES string of the molecule is CC(C)CC(NCc1noc(-c2ccc(F)cc2)n1)c1ccncc1.O=C(O)C(F)(F)F. The number of nitrogens with zero attached hydrogens (tertiary/aromatic N) is 3. The molecule has 0 aliphatic rings. The highest BCUT2D eigenvalue weighted by Gasteiger charge is 2.38. The van der Waals surface area contributed by atoms with Crippen molar-refractivity contribution < 1.29 is 32.0 Å². The molecule has 0 aliphatic heterocycles. The van der Waals surface area contributed by atoms with Crippen LogP contribution in [-0.4, -0.2) is 32.4 Å². The van der Waals surface area contributed by atoms with Gasteiger partial charge in [-0.05, 0) is 54.3 Å². The van der Waals surface area contributed by atoms with Crippen LogP contribution in [0.4, 0.5) is 17.6 Å². The van der Waals surface area contributed by atoms with Crippen molar-refractivity contribution in [1.29, 1.82) is 0 Å². The molecule has 3 aromatic rings. The first kappa shape index (κ1) is 24.9. The minimum atomic E-state index is -5.08. The maximum absolute atomic E-state index is 13.0. The fraction of sp³-hybridized carbons (Fsp3) is 0.333. The molecule has 0 bridgehead atoms. The van der Waals surface area contributed by atoms with Crippen LogP contribution in [0.3, 0.4) is 0 Å². The molecule has 0 fully saturated rings. The lowest BCUT2D eigenvalue weighted by molar-refractivity contribution is -0.192. The number of aromatic nitrogens is 3. The number of hydrogen-bond acceptors (Lipinski definition) is 6. The van der Waals surface area contributed by atoms with E-state index in [1.54, 1.807) is 24.5 Å². The van der Waals surface area contributed by atoms with Gasteiger partial charge in [-0.25, -0.2) is 9.18 Å². The molecule has 0 amide bonds. The summed E-state index contributed by atoms with van der Waals surface area (Å²) in [5, 5.41) is 14.6. The van der Waals surface area contributed by atoms with Crippen LogP contribution in [-0.2, 0) is 11.3 Å². The lowest BCUT2D eigenvalue weighted by Gasteiger charge is -2.20. The van der Waals surface area contributed by atoms with E-state index in [0.717, 1.165) is 6.42 Å². The molecule has 0 saturated heterocycles. The average molecular weight is 454 g/mol. The predicted octanol–water partition coefficient (Wildman–Crippen LogP) is 4.78. The molecule has 0 saturated carbocycles. The zero-order valence-corrected chi connectivity index (χ0v) is 17.3. The van der Waals surface area contributed by atoms with Gasteiger partial charge in [0.25, 0.3) is 5.89 Å². The van der Waals surface area contributed by atoms with E-state index in [1.807, 2.05) is 12.1 Å². The second-order valence-electron chi connectivity index (χ2n) is 7.17. The number of rotatable bonds is 7. The van der Waals surface area contributed by atoms with Crippen LogP contribution in [0.5, 0.6) is 0 Å². The molecule has 2 N–H and O–H groups in total. The first-order chi connectivity index (χ1) is 15.1. The standard InChI is InChI=1S/C19H21FN4O.C2HF3O2/c1-13(2)11-17(14-7-9-21-10-8-14)22-12-18-23-19(25-24-18)15-3-5-16(20)6-4-15;3-2(4,5)1(6)7/h3-10,13,17,22H,11-12H2,1-2H3;(H,6,7). The van der Waals surface area contributed by atoms with Crippen LogP contribution in [0.1, 0.15) is 37.7 Å². The highest BCUT2D eigenvalue weighted by atomic mass is 19.4. The van der Waals surface area contributed by atoms with Gasteiger partial charge in [0.1, 0.15) is 5.82 Å². The molecule has 1 atom stereocenters. The third-order valence-electron chi connectivity index (χ3n) is 4.12. The van der Waals surface area contributed by atoms with E-state index in [4.69, 9.17) is 14.4 Å². The van der Waals surface area contributed by atoms with E-state index in [1.165, 1.54) is 17.7 Å². The Labute approximate surface area is 181 Å². The summed E-state index contributed by atoms with van der Waals surface area (Å²) in [5.41, 5.74) is 1.89. The maximum atomic E-state index is 13.0. The van der Waals surface area contributed by atoms with Crippen LogP contribution >= 0.6 is 0 Å². The molecule has 0 spiro atoms. The summed E-state index contributed by atoms with van der Waals surface area (Å²) < 4.78 is 50.0. The Morgan fingerprint density at radius 2 is 1.72 bits per heavy atom. The Bertz CT molecular complexity index is 977. The van der Waals surface area contributed by atoms with Gasteiger partial charge >= 0.3 is 12.1 Å². The first-order valence-electron chi connectivity index (χ1n) is 9.58. The number of nitrogens with one attached hydrogen (secondary N) is 1. The summed E-state index contributed by atoms with van der Waals surface area (Å²) in [6, 6.07) is 10.2. The summed E-state index contributed by atoms with van der Waals surface area (Å²) >= 11 is 0. The van der Waals surface area contributed by atoms with Crippen LogP contribution in [0.25, 0.3) is 11.5 Å². The number of halogens is 4. The van der Waals surface area contributed by atoms with Gasteiger partial charge in [-0.2, -0.15) is 18.2 Å². The van der Waals surface area contributed by atoms with Crippen molar-refractivity contribution in [3.8, 4) is 11.5 Å². The molecule has 7 nitrogen and oxygen atoms in total. The number of hydrogen-bond donors (Lipinski definition) is 2. The Balaban J connectivity index is 0.000000451. The predicted molar refractivity (Wildman–Crippen MR) is 107 cm³/mol. The van der Waals surface area contributed by atoms with Gasteiger partial charge in [-0.15, -0.1) is 0 Å². The molecule has 1 aromatic carbocycles. The third-order valence-corrected chi connectivity index (χ3v) is 4.12. The van der Waals surface area contributed by atoms with Gasteiger partial charge in [-0.3, -0.25) is 4.98 Å². The largest absolute Gasteiger partial charge is 0.490 e. The molecule has 1 unspecified atom stereocenters. The summed E-state index contributed by atoms with van der Waals surface area (Å²) in [5.74, 6) is -1.54. The average Bonchev–Trinajstić information content (AvgIpc) is 3.21. The van der Waals surface area contributed by atoms with E-state index in [9.17, 15) is 17.6 Å². The van der Waals surface area contributed by atoms with E-state index < -0.39 is 12.1 Å². The van der Waals surface area contributed by atoms with Crippen molar-refractivity contribution in [2.45, 2.75) is 39.0 Å². The second-order valence-corrected chi connectivity index (χ2v) is 7.17. The van der Waals surface area contributed by atoms with Gasteiger partial charge in [0.15, 0.2) is 5.82 Å². The smallest absolute Gasteiger partial charge is 0.475 e. The van der Waals surface area contributed by atoms with Crippen molar-refractivity contribution in [2.24, 2.45) is 5.92 Å². The van der Waals surface area contributed by atoms with Gasteiger partial charge in [0, 0.05) is 24.0 Å². The maximum Gasteiger partial charge on any atom is 0.490 e. The number of pyridine rings is 1. The normalized spacial score (nSPS) is 12.2. The fourth-order valence-corrected chi connectivity index (χ4v) is 2.65. The minimum Gasteiger partial charge on any atom is -0.475 e. The van der Waals surface area contributed by atoms with Crippen LogP contribution in [0, 0.1) is 11.7 Å². The lowest BCUT2D eigenvalue weighted by Crippen LogP contribution is -2.23. The summed E-state index contributed by atoms with van der Waals surface area (Å²) in [6.45, 7) is 4.87. The summed E-state index contributed by atoms with van der Waals surface area (Å²) in [7, 11) is 0. The number of alkyl halides is 3. The fourth-order valence-electron chi connectivity index (χ4n) is 2.65. The molecular weight excluding hydrogens is 432 g/mol. The van der Waals surface area contributed by atoms with Crippen molar-refractivity contribution >= 4 is 5.97 Å². The van der Waals surface area contributed by atoms with Crippen molar-refractivity contribution in [3.63, 3.8) is 0 Å². The lowest BCUT2D eigenvalue weighted by atomic mass is 9.98. The number of carboxylic acid groups (broad SMARTS) is 1. The Morgan fingerprint density at radius 1 is 1.12 bits per heavy atom. The van der Waals surface area contributed by atoms with Gasteiger partial charge in [0.2, 0.25) is 0 Å². The minimum absolute atomic E-state index is 0.191. The highest BCUT2D eigenvalue weighted by molar-refractivity contribution is 5.73. The van der Waals surface area contributed by atoms with Crippen molar-refractivity contribution in [2.75, 3.05) is 0 Å². The molecule has 2 heterocycles. The van der Waals surface area contributed by atoms with Gasteiger partial charge in [-0.1, -0.05) is 19.0 Å². The quantitative estimate of drug-likeness (QED) is 0.496. The summed E-state index contributed by atoms with van der Waals surface area (Å²) in [6.07, 6.45) is -0.497. The molecule has 32 heavy (non-hydrogen) atoms.